The molecule has 0 N–H and O–H groups in total. The van der Waals surface area contributed by atoms with E-state index in [0.717, 1.165) is 17.9 Å². The molecule has 0 saturated carbocycles. The lowest BCUT2D eigenvalue weighted by molar-refractivity contribution is 0.103. The number of ether oxygens (including phenoxy) is 2. The van der Waals surface area contributed by atoms with Crippen LogP contribution in [0.25, 0.3) is 0 Å². The van der Waals surface area contributed by atoms with Crippen molar-refractivity contribution in [2.75, 3.05) is 13.2 Å². The van der Waals surface area contributed by atoms with E-state index in [9.17, 15) is 4.79 Å². The Morgan fingerprint density at radius 3 is 2.43 bits per heavy atom. The fraction of sp³-hybridized carbons (Fsp3) is 0.350. The molecule has 1 heterocycles. The molecular weight excluding hydrogens is 288 g/mol. The molecule has 3 heteroatoms. The number of carbonyl (C=O) groups is 1. The number of carbonyl (C=O) groups excluding carboxylic acids is 1. The van der Waals surface area contributed by atoms with Gasteiger partial charge in [0.05, 0.1) is 6.61 Å². The summed E-state index contributed by atoms with van der Waals surface area (Å²) >= 11 is 0. The van der Waals surface area contributed by atoms with Gasteiger partial charge in [-0.25, -0.2) is 0 Å². The highest BCUT2D eigenvalue weighted by molar-refractivity contribution is 6.10. The van der Waals surface area contributed by atoms with Crippen LogP contribution in [0.15, 0.2) is 48.5 Å². The Bertz CT molecular complexity index is 695. The third-order valence-electron chi connectivity index (χ3n) is 3.88. The van der Waals surface area contributed by atoms with Gasteiger partial charge in [-0.3, -0.25) is 4.79 Å². The molecule has 1 unspecified atom stereocenters. The predicted molar refractivity (Wildman–Crippen MR) is 90.3 cm³/mol. The van der Waals surface area contributed by atoms with Crippen LogP contribution in [0.2, 0.25) is 0 Å². The lowest BCUT2D eigenvalue weighted by Crippen LogP contribution is -2.20. The Morgan fingerprint density at radius 1 is 1.13 bits per heavy atom. The second-order valence-corrected chi connectivity index (χ2v) is 6.89. The number of benzene rings is 2. The number of hydrogen-bond donors (Lipinski definition) is 0. The van der Waals surface area contributed by atoms with Gasteiger partial charge in [-0.15, -0.1) is 0 Å². The third kappa shape index (κ3) is 3.62. The van der Waals surface area contributed by atoms with Crippen molar-refractivity contribution in [3.8, 4) is 5.75 Å². The SMILES string of the molecule is CC(C)(C)c1c(OCC2CO2)cccc1C(=O)c1ccccc1. The van der Waals surface area contributed by atoms with Crippen LogP contribution in [0.5, 0.6) is 5.75 Å². The summed E-state index contributed by atoms with van der Waals surface area (Å²) in [6, 6.07) is 15.1. The average molecular weight is 310 g/mol. The molecular formula is C20H22O3. The van der Waals surface area contributed by atoms with E-state index < -0.39 is 0 Å². The Hall–Kier alpha value is -2.13. The molecule has 1 saturated heterocycles. The summed E-state index contributed by atoms with van der Waals surface area (Å²) in [4.78, 5) is 12.9. The monoisotopic (exact) mass is 310 g/mol. The van der Waals surface area contributed by atoms with E-state index in [1.54, 1.807) is 0 Å². The minimum absolute atomic E-state index is 0.0312. The molecule has 1 fully saturated rings. The number of ketones is 1. The molecule has 1 atom stereocenters. The van der Waals surface area contributed by atoms with Gasteiger partial charge < -0.3 is 9.47 Å². The second-order valence-electron chi connectivity index (χ2n) is 6.89. The molecule has 3 nitrogen and oxygen atoms in total. The molecule has 0 aliphatic carbocycles. The van der Waals surface area contributed by atoms with E-state index in [-0.39, 0.29) is 17.3 Å². The van der Waals surface area contributed by atoms with Crippen LogP contribution in [0.3, 0.4) is 0 Å². The lowest BCUT2D eigenvalue weighted by atomic mass is 9.81. The summed E-state index contributed by atoms with van der Waals surface area (Å²) in [6.45, 7) is 7.60. The fourth-order valence-electron chi connectivity index (χ4n) is 2.71. The zero-order chi connectivity index (χ0) is 16.4. The molecule has 120 valence electrons. The Morgan fingerprint density at radius 2 is 1.83 bits per heavy atom. The van der Waals surface area contributed by atoms with Gasteiger partial charge in [-0.2, -0.15) is 0 Å². The first-order valence-corrected chi connectivity index (χ1v) is 7.94. The molecule has 23 heavy (non-hydrogen) atoms. The Kier molecular flexibility index (Phi) is 4.22. The van der Waals surface area contributed by atoms with E-state index in [1.807, 2.05) is 48.5 Å². The Balaban J connectivity index is 2.01. The van der Waals surface area contributed by atoms with Crippen LogP contribution in [0.1, 0.15) is 42.3 Å². The van der Waals surface area contributed by atoms with Gasteiger partial charge in [0.2, 0.25) is 0 Å². The van der Waals surface area contributed by atoms with Crippen LogP contribution in [0, 0.1) is 0 Å². The summed E-state index contributed by atoms with van der Waals surface area (Å²) in [5.74, 6) is 0.804. The van der Waals surface area contributed by atoms with Gasteiger partial charge in [0.15, 0.2) is 5.78 Å². The Labute approximate surface area is 137 Å². The second kappa shape index (κ2) is 6.17. The molecule has 0 aromatic heterocycles. The number of epoxide rings is 1. The molecule has 0 spiro atoms. The van der Waals surface area contributed by atoms with Gasteiger partial charge in [-0.1, -0.05) is 63.2 Å². The van der Waals surface area contributed by atoms with Crippen LogP contribution >= 0.6 is 0 Å². The van der Waals surface area contributed by atoms with Crippen molar-refractivity contribution in [3.05, 3.63) is 65.2 Å². The third-order valence-corrected chi connectivity index (χ3v) is 3.88. The molecule has 0 amide bonds. The maximum Gasteiger partial charge on any atom is 0.193 e. The van der Waals surface area contributed by atoms with Gasteiger partial charge in [0, 0.05) is 16.7 Å². The summed E-state index contributed by atoms with van der Waals surface area (Å²) in [6.07, 6.45) is 0.191. The predicted octanol–water partition coefficient (Wildman–Crippen LogP) is 3.99. The first-order valence-electron chi connectivity index (χ1n) is 7.94. The minimum Gasteiger partial charge on any atom is -0.490 e. The highest BCUT2D eigenvalue weighted by Gasteiger charge is 2.28. The highest BCUT2D eigenvalue weighted by atomic mass is 16.6. The van der Waals surface area contributed by atoms with Crippen molar-refractivity contribution in [3.63, 3.8) is 0 Å². The van der Waals surface area contributed by atoms with Crippen molar-refractivity contribution in [2.24, 2.45) is 0 Å². The number of hydrogen-bond acceptors (Lipinski definition) is 3. The minimum atomic E-state index is -0.194. The molecule has 1 aliphatic rings. The zero-order valence-electron chi connectivity index (χ0n) is 13.8. The summed E-state index contributed by atoms with van der Waals surface area (Å²) in [5, 5.41) is 0. The van der Waals surface area contributed by atoms with Gasteiger partial charge >= 0.3 is 0 Å². The van der Waals surface area contributed by atoms with E-state index in [2.05, 4.69) is 20.8 Å². The van der Waals surface area contributed by atoms with Crippen LogP contribution < -0.4 is 4.74 Å². The van der Waals surface area contributed by atoms with Crippen molar-refractivity contribution in [1.82, 2.24) is 0 Å². The van der Waals surface area contributed by atoms with E-state index in [1.165, 1.54) is 0 Å². The maximum atomic E-state index is 12.9. The zero-order valence-corrected chi connectivity index (χ0v) is 13.8. The summed E-state index contributed by atoms with van der Waals surface area (Å²) in [7, 11) is 0. The van der Waals surface area contributed by atoms with Crippen molar-refractivity contribution >= 4 is 5.78 Å². The smallest absolute Gasteiger partial charge is 0.193 e. The first-order chi connectivity index (χ1) is 11.0. The van der Waals surface area contributed by atoms with Gasteiger partial charge in [0.25, 0.3) is 0 Å². The van der Waals surface area contributed by atoms with Crippen molar-refractivity contribution in [2.45, 2.75) is 32.3 Å². The number of rotatable bonds is 5. The normalized spacial score (nSPS) is 16.9. The maximum absolute atomic E-state index is 12.9. The molecule has 0 bridgehead atoms. The lowest BCUT2D eigenvalue weighted by Gasteiger charge is -2.25. The van der Waals surface area contributed by atoms with Crippen molar-refractivity contribution in [1.29, 1.82) is 0 Å². The topological polar surface area (TPSA) is 38.8 Å². The molecule has 3 rings (SSSR count). The van der Waals surface area contributed by atoms with Crippen molar-refractivity contribution < 1.29 is 14.3 Å². The van der Waals surface area contributed by atoms with E-state index in [0.29, 0.717) is 17.7 Å². The first kappa shape index (κ1) is 15.8. The van der Waals surface area contributed by atoms with E-state index >= 15 is 0 Å². The largest absolute Gasteiger partial charge is 0.490 e. The molecule has 2 aromatic rings. The fourth-order valence-corrected chi connectivity index (χ4v) is 2.71. The average Bonchev–Trinajstić information content (AvgIpc) is 3.36. The van der Waals surface area contributed by atoms with Gasteiger partial charge in [-0.05, 0) is 11.5 Å². The summed E-state index contributed by atoms with van der Waals surface area (Å²) in [5.41, 5.74) is 2.16. The van der Waals surface area contributed by atoms with Crippen LogP contribution in [0.4, 0.5) is 0 Å². The van der Waals surface area contributed by atoms with E-state index in [4.69, 9.17) is 9.47 Å². The van der Waals surface area contributed by atoms with Crippen LogP contribution in [-0.4, -0.2) is 25.1 Å². The standard InChI is InChI=1S/C20H22O3/c1-20(2,3)18-16(19(21)14-8-5-4-6-9-14)10-7-11-17(18)23-13-15-12-22-15/h4-11,15H,12-13H2,1-3H3. The molecule has 1 aliphatic heterocycles. The molecule has 0 radical (unpaired) electrons. The molecule has 2 aromatic carbocycles. The summed E-state index contributed by atoms with van der Waals surface area (Å²) < 4.78 is 11.1. The quantitative estimate of drug-likeness (QED) is 0.619. The van der Waals surface area contributed by atoms with Crippen LogP contribution in [-0.2, 0) is 10.2 Å². The van der Waals surface area contributed by atoms with Gasteiger partial charge in [0.1, 0.15) is 18.5 Å². The highest BCUT2D eigenvalue weighted by Crippen LogP contribution is 2.36.